The normalized spacial score (nSPS) is 19.0. The van der Waals surface area contributed by atoms with Gasteiger partial charge in [-0.05, 0) is 43.9 Å². The van der Waals surface area contributed by atoms with E-state index >= 15 is 0 Å². The highest BCUT2D eigenvalue weighted by atomic mass is 16.5. The molecule has 0 aromatic heterocycles. The van der Waals surface area contributed by atoms with Gasteiger partial charge in [0.15, 0.2) is 0 Å². The van der Waals surface area contributed by atoms with E-state index in [0.29, 0.717) is 13.2 Å². The fraction of sp³-hybridized carbons (Fsp3) is 0.625. The maximum atomic E-state index is 10.1. The monoisotopic (exact) mass is 279 g/mol. The molecule has 2 N–H and O–H groups in total. The Hall–Kier alpha value is -1.10. The van der Waals surface area contributed by atoms with Crippen molar-refractivity contribution < 1.29 is 14.9 Å². The lowest BCUT2D eigenvalue weighted by molar-refractivity contribution is 0.0336. The Labute approximate surface area is 121 Å². The Balaban J connectivity index is 1.77. The summed E-state index contributed by atoms with van der Waals surface area (Å²) in [5.74, 6) is 0.845. The van der Waals surface area contributed by atoms with Gasteiger partial charge in [-0.2, -0.15) is 0 Å². The Morgan fingerprint density at radius 3 is 2.70 bits per heavy atom. The van der Waals surface area contributed by atoms with Crippen LogP contribution in [-0.4, -0.2) is 53.6 Å². The Bertz CT molecular complexity index is 428. The van der Waals surface area contributed by atoms with E-state index < -0.39 is 6.10 Å². The maximum absolute atomic E-state index is 10.1. The summed E-state index contributed by atoms with van der Waals surface area (Å²) in [4.78, 5) is 2.18. The van der Waals surface area contributed by atoms with Gasteiger partial charge in [0.25, 0.3) is 0 Å². The van der Waals surface area contributed by atoms with Crippen molar-refractivity contribution >= 4 is 0 Å². The zero-order valence-electron chi connectivity index (χ0n) is 12.4. The quantitative estimate of drug-likeness (QED) is 0.857. The molecule has 1 saturated heterocycles. The van der Waals surface area contributed by atoms with Crippen molar-refractivity contribution in [3.8, 4) is 5.75 Å². The smallest absolute Gasteiger partial charge is 0.122 e. The maximum Gasteiger partial charge on any atom is 0.122 e. The van der Waals surface area contributed by atoms with Gasteiger partial charge >= 0.3 is 0 Å². The number of nitrogens with zero attached hydrogens (tertiary/aromatic N) is 1. The van der Waals surface area contributed by atoms with Crippen LogP contribution in [0.4, 0.5) is 0 Å². The minimum Gasteiger partial charge on any atom is -0.491 e. The molecule has 4 heteroatoms. The first-order chi connectivity index (χ1) is 9.54. The molecule has 1 aliphatic heterocycles. The molecule has 0 bridgehead atoms. The van der Waals surface area contributed by atoms with E-state index in [1.165, 1.54) is 0 Å². The number of hydrogen-bond donors (Lipinski definition) is 2. The van der Waals surface area contributed by atoms with Gasteiger partial charge < -0.3 is 19.8 Å². The number of β-amino-alcohol motifs (C(OH)–C–C–N with tert-alkyl or cyclic N) is 1. The van der Waals surface area contributed by atoms with Gasteiger partial charge in [0.05, 0.1) is 6.10 Å². The molecule has 112 valence electrons. The number of piperidine rings is 1. The number of ether oxygens (including phenoxy) is 1. The number of likely N-dealkylation sites (tertiary alicyclic amines) is 1. The average molecular weight is 279 g/mol. The van der Waals surface area contributed by atoms with Crippen LogP contribution in [0.5, 0.6) is 5.75 Å². The van der Waals surface area contributed by atoms with Gasteiger partial charge in [0.2, 0.25) is 0 Å². The molecule has 1 aliphatic rings. The van der Waals surface area contributed by atoms with Crippen LogP contribution in [0.15, 0.2) is 18.2 Å². The van der Waals surface area contributed by atoms with E-state index in [4.69, 9.17) is 4.74 Å². The second kappa shape index (κ2) is 7.07. The fourth-order valence-electron chi connectivity index (χ4n) is 2.50. The lowest BCUT2D eigenvalue weighted by Gasteiger charge is -2.30. The summed E-state index contributed by atoms with van der Waals surface area (Å²) in [5.41, 5.74) is 2.24. The molecule has 4 nitrogen and oxygen atoms in total. The molecule has 0 aliphatic carbocycles. The molecule has 0 saturated carbocycles. The number of aryl methyl sites for hydroxylation is 2. The summed E-state index contributed by atoms with van der Waals surface area (Å²) >= 11 is 0. The molecule has 0 radical (unpaired) electrons. The van der Waals surface area contributed by atoms with E-state index in [0.717, 1.165) is 42.8 Å². The highest BCUT2D eigenvalue weighted by Crippen LogP contribution is 2.19. The van der Waals surface area contributed by atoms with Crippen LogP contribution >= 0.6 is 0 Å². The predicted molar refractivity (Wildman–Crippen MR) is 79.1 cm³/mol. The van der Waals surface area contributed by atoms with Crippen LogP contribution in [-0.2, 0) is 0 Å². The van der Waals surface area contributed by atoms with Crippen molar-refractivity contribution in [2.24, 2.45) is 0 Å². The first-order valence-corrected chi connectivity index (χ1v) is 7.33. The van der Waals surface area contributed by atoms with Crippen molar-refractivity contribution in [3.05, 3.63) is 29.3 Å². The summed E-state index contributed by atoms with van der Waals surface area (Å²) < 4.78 is 5.72. The molecule has 1 unspecified atom stereocenters. The van der Waals surface area contributed by atoms with Crippen LogP contribution in [0.3, 0.4) is 0 Å². The Morgan fingerprint density at radius 2 is 2.00 bits per heavy atom. The first kappa shape index (κ1) is 15.3. The summed E-state index contributed by atoms with van der Waals surface area (Å²) in [6.07, 6.45) is 0.925. The van der Waals surface area contributed by atoms with Crippen LogP contribution in [0.25, 0.3) is 0 Å². The first-order valence-electron chi connectivity index (χ1n) is 7.33. The number of rotatable bonds is 5. The summed E-state index contributed by atoms with van der Waals surface area (Å²) in [6.45, 7) is 6.65. The highest BCUT2D eigenvalue weighted by Gasteiger charge is 2.19. The predicted octanol–water partition coefficient (Wildman–Crippen LogP) is 1.50. The minimum absolute atomic E-state index is 0.172. The van der Waals surface area contributed by atoms with Gasteiger partial charge in [-0.3, -0.25) is 0 Å². The lowest BCUT2D eigenvalue weighted by atomic mass is 10.1. The molecular weight excluding hydrogens is 254 g/mol. The van der Waals surface area contributed by atoms with E-state index in [1.54, 1.807) is 0 Å². The number of aliphatic hydroxyl groups excluding tert-OH is 2. The van der Waals surface area contributed by atoms with Gasteiger partial charge in [-0.25, -0.2) is 0 Å². The van der Waals surface area contributed by atoms with Gasteiger partial charge in [-0.1, -0.05) is 12.1 Å². The standard InChI is InChI=1S/C16H25NO3/c1-12-3-4-13(2)16(9-12)20-11-15(19)10-17-7-5-14(18)6-8-17/h3-4,9,14-15,18-19H,5-8,10-11H2,1-2H3. The van der Waals surface area contributed by atoms with E-state index in [9.17, 15) is 10.2 Å². The van der Waals surface area contributed by atoms with Crippen molar-refractivity contribution in [1.29, 1.82) is 0 Å². The highest BCUT2D eigenvalue weighted by molar-refractivity contribution is 5.35. The van der Waals surface area contributed by atoms with Crippen molar-refractivity contribution in [1.82, 2.24) is 4.90 Å². The summed E-state index contributed by atoms with van der Waals surface area (Å²) in [7, 11) is 0. The topological polar surface area (TPSA) is 52.9 Å². The Morgan fingerprint density at radius 1 is 1.30 bits per heavy atom. The molecule has 1 aromatic carbocycles. The van der Waals surface area contributed by atoms with Crippen molar-refractivity contribution in [2.75, 3.05) is 26.2 Å². The van der Waals surface area contributed by atoms with Crippen LogP contribution < -0.4 is 4.74 Å². The third-order valence-corrected chi connectivity index (χ3v) is 3.80. The molecule has 2 rings (SSSR count). The van der Waals surface area contributed by atoms with Gasteiger partial charge in [0.1, 0.15) is 18.5 Å². The number of hydrogen-bond acceptors (Lipinski definition) is 4. The Kier molecular flexibility index (Phi) is 5.40. The molecule has 0 amide bonds. The van der Waals surface area contributed by atoms with Crippen molar-refractivity contribution in [3.63, 3.8) is 0 Å². The zero-order valence-corrected chi connectivity index (χ0v) is 12.4. The van der Waals surface area contributed by atoms with Crippen LogP contribution in [0.1, 0.15) is 24.0 Å². The fourth-order valence-corrected chi connectivity index (χ4v) is 2.50. The van der Waals surface area contributed by atoms with Gasteiger partial charge in [-0.15, -0.1) is 0 Å². The minimum atomic E-state index is -0.495. The molecular formula is C16H25NO3. The molecule has 1 fully saturated rings. The average Bonchev–Trinajstić information content (AvgIpc) is 2.42. The third-order valence-electron chi connectivity index (χ3n) is 3.80. The van der Waals surface area contributed by atoms with Gasteiger partial charge in [0, 0.05) is 19.6 Å². The largest absolute Gasteiger partial charge is 0.491 e. The SMILES string of the molecule is Cc1ccc(C)c(OCC(O)CN2CCC(O)CC2)c1. The van der Waals surface area contributed by atoms with Crippen LogP contribution in [0, 0.1) is 13.8 Å². The molecule has 20 heavy (non-hydrogen) atoms. The lowest BCUT2D eigenvalue weighted by Crippen LogP contribution is -2.41. The number of benzene rings is 1. The summed E-state index contributed by atoms with van der Waals surface area (Å²) in [6, 6.07) is 6.08. The van der Waals surface area contributed by atoms with Crippen molar-refractivity contribution in [2.45, 2.75) is 38.9 Å². The van der Waals surface area contributed by atoms with E-state index in [-0.39, 0.29) is 6.10 Å². The van der Waals surface area contributed by atoms with E-state index in [2.05, 4.69) is 11.0 Å². The van der Waals surface area contributed by atoms with Crippen LogP contribution in [0.2, 0.25) is 0 Å². The second-order valence-corrected chi connectivity index (χ2v) is 5.77. The zero-order chi connectivity index (χ0) is 14.5. The second-order valence-electron chi connectivity index (χ2n) is 5.77. The third kappa shape index (κ3) is 4.47. The molecule has 0 spiro atoms. The summed E-state index contributed by atoms with van der Waals surface area (Å²) in [5, 5.41) is 19.5. The van der Waals surface area contributed by atoms with E-state index in [1.807, 2.05) is 26.0 Å². The number of aliphatic hydroxyl groups is 2. The molecule has 1 aromatic rings. The molecule has 1 heterocycles. The molecule has 1 atom stereocenters.